The normalized spacial score (nSPS) is 9.67. The van der Waals surface area contributed by atoms with Crippen molar-refractivity contribution in [1.29, 1.82) is 0 Å². The summed E-state index contributed by atoms with van der Waals surface area (Å²) >= 11 is 6.63. The number of aliphatic hydroxyl groups is 1. The van der Waals surface area contributed by atoms with Gasteiger partial charge in [0.1, 0.15) is 5.69 Å². The van der Waals surface area contributed by atoms with E-state index in [4.69, 9.17) is 32.1 Å². The maximum absolute atomic E-state index is 10.9. The number of nitrogens with one attached hydrogen (secondary N) is 1. The number of nitrogens with two attached hydrogens (primary N) is 1. The van der Waals surface area contributed by atoms with Gasteiger partial charge in [-0.25, -0.2) is 9.78 Å². The molecular weight excluding hydrogens is 324 g/mol. The van der Waals surface area contributed by atoms with Crippen LogP contribution in [-0.4, -0.2) is 45.4 Å². The molecule has 2 aromatic rings. The van der Waals surface area contributed by atoms with E-state index in [1.807, 2.05) is 0 Å². The Kier molecular flexibility index (Phi) is 6.75. The molecule has 0 aliphatic heterocycles. The lowest BCUT2D eigenvalue weighted by Crippen LogP contribution is -2.21. The number of carboxylic acid groups (broad SMARTS) is 1. The highest BCUT2D eigenvalue weighted by Crippen LogP contribution is 2.26. The van der Waals surface area contributed by atoms with Crippen LogP contribution in [0.2, 0.25) is 5.15 Å². The molecule has 2 aromatic heterocycles. The molecule has 5 N–H and O–H groups in total. The fourth-order valence-electron chi connectivity index (χ4n) is 0.969. The van der Waals surface area contributed by atoms with Crippen molar-refractivity contribution in [3.05, 3.63) is 16.6 Å². The van der Waals surface area contributed by atoms with Gasteiger partial charge in [0.2, 0.25) is 0 Å². The lowest BCUT2D eigenvalue weighted by atomic mass is 10.4. The molecule has 0 spiro atoms. The van der Waals surface area contributed by atoms with E-state index in [1.165, 1.54) is 6.07 Å². The van der Waals surface area contributed by atoms with Gasteiger partial charge < -0.3 is 20.5 Å². The second-order valence-electron chi connectivity index (χ2n) is 3.32. The zero-order valence-electron chi connectivity index (χ0n) is 10.4. The zero-order valence-corrected chi connectivity index (χ0v) is 12.0. The SMILES string of the molecule is NCCO.O=C(O)C(=O)Nc1nc(-c2cc(Cl)no2)cs1. The van der Waals surface area contributed by atoms with Gasteiger partial charge in [-0.2, -0.15) is 0 Å². The second-order valence-corrected chi connectivity index (χ2v) is 4.57. The Morgan fingerprint density at radius 1 is 1.52 bits per heavy atom. The average Bonchev–Trinajstić information content (AvgIpc) is 3.08. The number of carbonyl (C=O) groups is 2. The molecule has 0 radical (unpaired) electrons. The number of carbonyl (C=O) groups excluding carboxylic acids is 1. The number of thiazole rings is 1. The van der Waals surface area contributed by atoms with Gasteiger partial charge in [0, 0.05) is 18.0 Å². The molecule has 2 rings (SSSR count). The predicted octanol–water partition coefficient (Wildman–Crippen LogP) is 0.412. The van der Waals surface area contributed by atoms with Crippen molar-refractivity contribution in [3.63, 3.8) is 0 Å². The van der Waals surface area contributed by atoms with E-state index >= 15 is 0 Å². The third kappa shape index (κ3) is 5.47. The van der Waals surface area contributed by atoms with Crippen molar-refractivity contribution in [1.82, 2.24) is 10.1 Å². The van der Waals surface area contributed by atoms with Crippen molar-refractivity contribution < 1.29 is 24.3 Å². The minimum Gasteiger partial charge on any atom is -0.474 e. The standard InChI is InChI=1S/C8H4ClN3O4S.C2H7NO/c9-5-1-4(16-12-5)3-2-17-8(10-3)11-6(13)7(14)15;3-1-2-4/h1-2H,(H,14,15)(H,10,11,13);4H,1-3H2. The van der Waals surface area contributed by atoms with E-state index in [0.717, 1.165) is 11.3 Å². The van der Waals surface area contributed by atoms with Crippen LogP contribution < -0.4 is 11.1 Å². The molecule has 1 amide bonds. The highest BCUT2D eigenvalue weighted by atomic mass is 35.5. The summed E-state index contributed by atoms with van der Waals surface area (Å²) in [5.41, 5.74) is 5.19. The number of hydrogen-bond donors (Lipinski definition) is 4. The topological polar surface area (TPSA) is 152 Å². The van der Waals surface area contributed by atoms with Gasteiger partial charge in [0.25, 0.3) is 0 Å². The number of aromatic nitrogens is 2. The fraction of sp³-hybridized carbons (Fsp3) is 0.200. The van der Waals surface area contributed by atoms with Crippen molar-refractivity contribution >= 4 is 39.9 Å². The van der Waals surface area contributed by atoms with Crippen LogP contribution in [0.3, 0.4) is 0 Å². The summed E-state index contributed by atoms with van der Waals surface area (Å²) in [6.45, 7) is 0.472. The number of anilines is 1. The minimum atomic E-state index is -1.58. The van der Waals surface area contributed by atoms with E-state index in [-0.39, 0.29) is 16.9 Å². The van der Waals surface area contributed by atoms with Crippen LogP contribution in [0.15, 0.2) is 16.0 Å². The van der Waals surface area contributed by atoms with E-state index in [1.54, 1.807) is 5.38 Å². The minimum absolute atomic E-state index is 0.0972. The molecule has 0 fully saturated rings. The van der Waals surface area contributed by atoms with Crippen LogP contribution in [0.25, 0.3) is 11.5 Å². The molecular formula is C10H11ClN4O5S. The first-order valence-corrected chi connectivity index (χ1v) is 6.67. The average molecular weight is 335 g/mol. The molecule has 9 nitrogen and oxygen atoms in total. The lowest BCUT2D eigenvalue weighted by Gasteiger charge is -1.94. The highest BCUT2D eigenvalue weighted by Gasteiger charge is 2.15. The number of aliphatic carboxylic acids is 1. The lowest BCUT2D eigenvalue weighted by molar-refractivity contribution is -0.147. The second kappa shape index (κ2) is 8.32. The van der Waals surface area contributed by atoms with Gasteiger partial charge >= 0.3 is 11.9 Å². The quantitative estimate of drug-likeness (QED) is 0.589. The summed E-state index contributed by atoms with van der Waals surface area (Å²) in [5.74, 6) is -2.40. The molecule has 114 valence electrons. The van der Waals surface area contributed by atoms with Crippen LogP contribution in [0, 0.1) is 0 Å². The summed E-state index contributed by atoms with van der Waals surface area (Å²) in [6, 6.07) is 1.46. The monoisotopic (exact) mass is 334 g/mol. The van der Waals surface area contributed by atoms with Crippen LogP contribution in [-0.2, 0) is 9.59 Å². The molecule has 0 aromatic carbocycles. The number of nitrogens with zero attached hydrogens (tertiary/aromatic N) is 2. The highest BCUT2D eigenvalue weighted by molar-refractivity contribution is 7.14. The van der Waals surface area contributed by atoms with Gasteiger partial charge in [0.15, 0.2) is 16.0 Å². The van der Waals surface area contributed by atoms with E-state index in [2.05, 4.69) is 15.5 Å². The summed E-state index contributed by atoms with van der Waals surface area (Å²) in [4.78, 5) is 25.1. The molecule has 2 heterocycles. The third-order valence-corrected chi connectivity index (χ3v) is 2.72. The smallest absolute Gasteiger partial charge is 0.394 e. The van der Waals surface area contributed by atoms with Gasteiger partial charge in [-0.1, -0.05) is 16.8 Å². The van der Waals surface area contributed by atoms with Crippen molar-refractivity contribution in [2.45, 2.75) is 0 Å². The van der Waals surface area contributed by atoms with Crippen LogP contribution in [0.1, 0.15) is 0 Å². The predicted molar refractivity (Wildman–Crippen MR) is 75.0 cm³/mol. The Hall–Kier alpha value is -2.01. The zero-order chi connectivity index (χ0) is 15.8. The van der Waals surface area contributed by atoms with Crippen molar-refractivity contribution in [2.24, 2.45) is 5.73 Å². The largest absolute Gasteiger partial charge is 0.474 e. The third-order valence-electron chi connectivity index (χ3n) is 1.78. The molecule has 0 bridgehead atoms. The number of aliphatic hydroxyl groups excluding tert-OH is 1. The first kappa shape index (κ1) is 17.0. The van der Waals surface area contributed by atoms with Gasteiger partial charge in [0.05, 0.1) is 6.61 Å². The fourth-order valence-corrected chi connectivity index (χ4v) is 1.80. The number of carboxylic acids is 1. The Balaban J connectivity index is 0.000000491. The van der Waals surface area contributed by atoms with E-state index in [0.29, 0.717) is 18.0 Å². The maximum Gasteiger partial charge on any atom is 0.394 e. The van der Waals surface area contributed by atoms with Crippen LogP contribution in [0.5, 0.6) is 0 Å². The van der Waals surface area contributed by atoms with Gasteiger partial charge in [-0.3, -0.25) is 10.1 Å². The molecule has 0 unspecified atom stereocenters. The van der Waals surface area contributed by atoms with Gasteiger partial charge in [-0.15, -0.1) is 11.3 Å². The number of rotatable bonds is 3. The Morgan fingerprint density at radius 2 is 2.19 bits per heavy atom. The van der Waals surface area contributed by atoms with E-state index < -0.39 is 11.9 Å². The molecule has 21 heavy (non-hydrogen) atoms. The molecule has 11 heteroatoms. The molecule has 0 saturated heterocycles. The van der Waals surface area contributed by atoms with Crippen LogP contribution >= 0.6 is 22.9 Å². The van der Waals surface area contributed by atoms with Gasteiger partial charge in [-0.05, 0) is 0 Å². The van der Waals surface area contributed by atoms with Crippen molar-refractivity contribution in [2.75, 3.05) is 18.5 Å². The molecule has 0 atom stereocenters. The summed E-state index contributed by atoms with van der Waals surface area (Å²) in [6.07, 6.45) is 0. The molecule has 0 aliphatic carbocycles. The molecule has 0 saturated carbocycles. The maximum atomic E-state index is 10.9. The first-order chi connectivity index (χ1) is 9.97. The van der Waals surface area contributed by atoms with E-state index in [9.17, 15) is 9.59 Å². The van der Waals surface area contributed by atoms with Crippen molar-refractivity contribution in [3.8, 4) is 11.5 Å². The Labute approximate surface area is 127 Å². The number of hydrogen-bond acceptors (Lipinski definition) is 8. The summed E-state index contributed by atoms with van der Waals surface area (Å²) in [5, 5.41) is 23.6. The molecule has 0 aliphatic rings. The van der Waals surface area contributed by atoms with Crippen LogP contribution in [0.4, 0.5) is 5.13 Å². The number of amides is 1. The Morgan fingerprint density at radius 3 is 2.67 bits per heavy atom. The first-order valence-electron chi connectivity index (χ1n) is 5.41. The summed E-state index contributed by atoms with van der Waals surface area (Å²) < 4.78 is 4.85. The summed E-state index contributed by atoms with van der Waals surface area (Å²) in [7, 11) is 0. The number of halogens is 1. The Bertz CT molecular complexity index is 612.